The van der Waals surface area contributed by atoms with Gasteiger partial charge in [0.15, 0.2) is 5.41 Å². The van der Waals surface area contributed by atoms with E-state index in [0.717, 1.165) is 19.3 Å². The van der Waals surface area contributed by atoms with Gasteiger partial charge >= 0.3 is 6.18 Å². The van der Waals surface area contributed by atoms with E-state index in [4.69, 9.17) is 15.8 Å². The van der Waals surface area contributed by atoms with E-state index in [1.807, 2.05) is 6.07 Å². The Morgan fingerprint density at radius 3 is 2.09 bits per heavy atom. The minimum absolute atomic E-state index is 0.211. The molecule has 23 heavy (non-hydrogen) atoms. The van der Waals surface area contributed by atoms with Crippen LogP contribution < -0.4 is 0 Å². The summed E-state index contributed by atoms with van der Waals surface area (Å²) in [5.74, 6) is -0.745. The predicted molar refractivity (Wildman–Crippen MR) is 73.1 cm³/mol. The highest BCUT2D eigenvalue weighted by Crippen LogP contribution is 2.36. The predicted octanol–water partition coefficient (Wildman–Crippen LogP) is 3.05. The fraction of sp³-hybridized carbons (Fsp3) is 0.733. The average molecular weight is 326 g/mol. The van der Waals surface area contributed by atoms with Crippen LogP contribution in [0.2, 0.25) is 0 Å². The molecule has 1 rings (SSSR count). The van der Waals surface area contributed by atoms with Crippen LogP contribution >= 0.6 is 0 Å². The van der Waals surface area contributed by atoms with Crippen molar-refractivity contribution in [3.63, 3.8) is 0 Å². The van der Waals surface area contributed by atoms with E-state index >= 15 is 0 Å². The van der Waals surface area contributed by atoms with Gasteiger partial charge in [-0.3, -0.25) is 4.79 Å². The Morgan fingerprint density at radius 2 is 1.65 bits per heavy atom. The third kappa shape index (κ3) is 5.45. The van der Waals surface area contributed by atoms with Gasteiger partial charge in [0, 0.05) is 6.04 Å². The number of nitriles is 3. The summed E-state index contributed by atoms with van der Waals surface area (Å²) >= 11 is 0. The molecular formula is C15H17F3N4O. The molecule has 1 aliphatic rings. The third-order valence-electron chi connectivity index (χ3n) is 3.96. The second kappa shape index (κ2) is 7.83. The van der Waals surface area contributed by atoms with Crippen LogP contribution in [0.5, 0.6) is 0 Å². The van der Waals surface area contributed by atoms with E-state index in [0.29, 0.717) is 12.8 Å². The first-order valence-electron chi connectivity index (χ1n) is 7.32. The fourth-order valence-corrected chi connectivity index (χ4v) is 2.84. The molecular weight excluding hydrogens is 309 g/mol. The van der Waals surface area contributed by atoms with Crippen LogP contribution in [-0.2, 0) is 4.79 Å². The minimum Gasteiger partial charge on any atom is -0.326 e. The topological polar surface area (TPSA) is 91.7 Å². The lowest BCUT2D eigenvalue weighted by Gasteiger charge is -2.34. The molecule has 0 spiro atoms. The molecule has 0 heterocycles. The number of halogens is 3. The van der Waals surface area contributed by atoms with Gasteiger partial charge in [-0.15, -0.1) is 0 Å². The zero-order chi connectivity index (χ0) is 17.5. The molecule has 1 aliphatic carbocycles. The Balaban J connectivity index is 2.92. The molecule has 0 radical (unpaired) electrons. The summed E-state index contributed by atoms with van der Waals surface area (Å²) in [6.07, 6.45) is -3.11. The largest absolute Gasteiger partial charge is 0.391 e. The summed E-state index contributed by atoms with van der Waals surface area (Å²) in [6.45, 7) is -0.248. The summed E-state index contributed by atoms with van der Waals surface area (Å²) in [6, 6.07) is 4.30. The molecule has 0 saturated heterocycles. The Bertz CT molecular complexity index is 533. The molecule has 0 aliphatic heterocycles. The summed E-state index contributed by atoms with van der Waals surface area (Å²) < 4.78 is 37.8. The fourth-order valence-electron chi connectivity index (χ4n) is 2.84. The van der Waals surface area contributed by atoms with Crippen LogP contribution in [0.25, 0.3) is 0 Å². The van der Waals surface area contributed by atoms with E-state index in [1.54, 1.807) is 0 Å². The maximum Gasteiger partial charge on any atom is 0.391 e. The number of rotatable bonds is 5. The SMILES string of the molecule is N#CCN(C(=O)CC(C#N)(C#N)CC(F)(F)F)C1CCCCC1. The van der Waals surface area contributed by atoms with Gasteiger partial charge in [0.1, 0.15) is 6.54 Å². The van der Waals surface area contributed by atoms with Crippen LogP contribution in [0.4, 0.5) is 13.2 Å². The highest BCUT2D eigenvalue weighted by molar-refractivity contribution is 5.78. The molecule has 0 unspecified atom stereocenters. The molecule has 0 aromatic heterocycles. The Morgan fingerprint density at radius 1 is 1.09 bits per heavy atom. The standard InChI is InChI=1S/C15H17F3N4O/c16-15(17,18)9-14(10-20,11-21)8-13(23)22(7-6-19)12-4-2-1-3-5-12/h12H,1-5,7-9H2. The summed E-state index contributed by atoms with van der Waals surface area (Å²) in [7, 11) is 0. The first kappa shape index (κ1) is 18.8. The number of amides is 1. The zero-order valence-corrected chi connectivity index (χ0v) is 12.6. The lowest BCUT2D eigenvalue weighted by Crippen LogP contribution is -2.44. The summed E-state index contributed by atoms with van der Waals surface area (Å²) in [5, 5.41) is 26.9. The highest BCUT2D eigenvalue weighted by atomic mass is 19.4. The lowest BCUT2D eigenvalue weighted by atomic mass is 9.83. The molecule has 0 bridgehead atoms. The molecule has 1 saturated carbocycles. The van der Waals surface area contributed by atoms with Gasteiger partial charge in [0.2, 0.25) is 5.91 Å². The lowest BCUT2D eigenvalue weighted by molar-refractivity contribution is -0.151. The van der Waals surface area contributed by atoms with Crippen molar-refractivity contribution in [1.82, 2.24) is 4.90 Å². The molecule has 1 amide bonds. The van der Waals surface area contributed by atoms with Gasteiger partial charge < -0.3 is 4.90 Å². The molecule has 0 aromatic carbocycles. The number of carbonyl (C=O) groups is 1. The number of hydrogen-bond acceptors (Lipinski definition) is 4. The van der Waals surface area contributed by atoms with Gasteiger partial charge in [0.05, 0.1) is 31.0 Å². The van der Waals surface area contributed by atoms with Crippen molar-refractivity contribution in [3.05, 3.63) is 0 Å². The maximum absolute atomic E-state index is 12.6. The van der Waals surface area contributed by atoms with Crippen LogP contribution in [-0.4, -0.2) is 29.6 Å². The van der Waals surface area contributed by atoms with Crippen LogP contribution in [0.1, 0.15) is 44.9 Å². The minimum atomic E-state index is -4.73. The monoisotopic (exact) mass is 326 g/mol. The van der Waals surface area contributed by atoms with Crippen molar-refractivity contribution in [2.75, 3.05) is 6.54 Å². The van der Waals surface area contributed by atoms with Crippen molar-refractivity contribution in [2.45, 2.75) is 57.2 Å². The quantitative estimate of drug-likeness (QED) is 0.726. The average Bonchev–Trinajstić information content (AvgIpc) is 2.51. The van der Waals surface area contributed by atoms with E-state index < -0.39 is 30.3 Å². The number of carbonyl (C=O) groups excluding carboxylic acids is 1. The first-order valence-corrected chi connectivity index (χ1v) is 7.32. The Labute approximate surface area is 132 Å². The van der Waals surface area contributed by atoms with Crippen molar-refractivity contribution < 1.29 is 18.0 Å². The van der Waals surface area contributed by atoms with Gasteiger partial charge in [-0.2, -0.15) is 29.0 Å². The van der Waals surface area contributed by atoms with Gasteiger partial charge in [-0.1, -0.05) is 19.3 Å². The normalized spacial score (nSPS) is 16.0. The van der Waals surface area contributed by atoms with Crippen LogP contribution in [0, 0.1) is 39.4 Å². The van der Waals surface area contributed by atoms with E-state index in [9.17, 15) is 18.0 Å². The molecule has 0 N–H and O–H groups in total. The molecule has 0 atom stereocenters. The molecule has 124 valence electrons. The molecule has 1 fully saturated rings. The molecule has 5 nitrogen and oxygen atoms in total. The second-order valence-corrected chi connectivity index (χ2v) is 5.75. The van der Waals surface area contributed by atoms with Crippen molar-refractivity contribution in [2.24, 2.45) is 5.41 Å². The van der Waals surface area contributed by atoms with E-state index in [-0.39, 0.29) is 12.6 Å². The van der Waals surface area contributed by atoms with Gasteiger partial charge in [-0.25, -0.2) is 0 Å². The highest BCUT2D eigenvalue weighted by Gasteiger charge is 2.46. The smallest absolute Gasteiger partial charge is 0.326 e. The number of nitrogens with zero attached hydrogens (tertiary/aromatic N) is 4. The van der Waals surface area contributed by atoms with E-state index in [1.165, 1.54) is 17.0 Å². The number of hydrogen-bond donors (Lipinski definition) is 0. The second-order valence-electron chi connectivity index (χ2n) is 5.75. The zero-order valence-electron chi connectivity index (χ0n) is 12.6. The maximum atomic E-state index is 12.6. The third-order valence-corrected chi connectivity index (χ3v) is 3.96. The van der Waals surface area contributed by atoms with Crippen molar-refractivity contribution >= 4 is 5.91 Å². The van der Waals surface area contributed by atoms with Crippen LogP contribution in [0.15, 0.2) is 0 Å². The Hall–Kier alpha value is -2.27. The van der Waals surface area contributed by atoms with Crippen LogP contribution in [0.3, 0.4) is 0 Å². The van der Waals surface area contributed by atoms with Gasteiger partial charge in [0.25, 0.3) is 0 Å². The molecule has 8 heteroatoms. The summed E-state index contributed by atoms with van der Waals surface area (Å²) in [5.41, 5.74) is -2.45. The Kier molecular flexibility index (Phi) is 6.39. The summed E-state index contributed by atoms with van der Waals surface area (Å²) in [4.78, 5) is 13.6. The van der Waals surface area contributed by atoms with Crippen molar-refractivity contribution in [3.8, 4) is 18.2 Å². The first-order chi connectivity index (χ1) is 10.8. The van der Waals surface area contributed by atoms with E-state index in [2.05, 4.69) is 0 Å². The number of alkyl halides is 3. The van der Waals surface area contributed by atoms with Crippen molar-refractivity contribution in [1.29, 1.82) is 15.8 Å². The molecule has 0 aromatic rings. The van der Waals surface area contributed by atoms with Gasteiger partial charge in [-0.05, 0) is 12.8 Å².